The molecule has 26 heavy (non-hydrogen) atoms. The quantitative estimate of drug-likeness (QED) is 0.306. The van der Waals surface area contributed by atoms with Gasteiger partial charge in [0.1, 0.15) is 6.20 Å². The van der Waals surface area contributed by atoms with Gasteiger partial charge in [-0.2, -0.15) is 0 Å². The number of rotatable bonds is 2. The molecule has 0 aliphatic carbocycles. The molecule has 3 nitrogen and oxygen atoms in total. The molecule has 0 spiro atoms. The third kappa shape index (κ3) is 10.6. The van der Waals surface area contributed by atoms with Gasteiger partial charge in [0.2, 0.25) is 0 Å². The van der Waals surface area contributed by atoms with Crippen LogP contribution >= 0.6 is 7.81 Å². The molecule has 0 aliphatic rings. The Morgan fingerprint density at radius 2 is 1.46 bits per heavy atom. The van der Waals surface area contributed by atoms with Gasteiger partial charge in [-0.15, -0.1) is 4.98 Å². The summed E-state index contributed by atoms with van der Waals surface area (Å²) in [5.41, 5.74) is 2.83. The second-order valence-corrected chi connectivity index (χ2v) is 10.7. The van der Waals surface area contributed by atoms with Crippen molar-refractivity contribution in [2.45, 2.75) is 54.6 Å². The predicted molar refractivity (Wildman–Crippen MR) is 92.4 cm³/mol. The van der Waals surface area contributed by atoms with Crippen molar-refractivity contribution in [2.24, 2.45) is 10.8 Å². The first-order valence-corrected chi connectivity index (χ1v) is 10.0. The summed E-state index contributed by atoms with van der Waals surface area (Å²) >= 11 is 0. The summed E-state index contributed by atoms with van der Waals surface area (Å²) in [6.45, 7) is 15.6. The zero-order valence-corrected chi connectivity index (χ0v) is 16.7. The van der Waals surface area contributed by atoms with Crippen LogP contribution in [0.3, 0.4) is 0 Å². The van der Waals surface area contributed by atoms with Crippen LogP contribution in [0.1, 0.15) is 41.5 Å². The van der Waals surface area contributed by atoms with Gasteiger partial charge in [0.25, 0.3) is 0 Å². The maximum absolute atomic E-state index is 10.7. The Morgan fingerprint density at radius 3 is 1.88 bits per heavy atom. The maximum atomic E-state index is 9.87. The van der Waals surface area contributed by atoms with Crippen molar-refractivity contribution in [3.8, 4) is 0 Å². The number of fused-ring (bicyclic) bond motifs is 1. The summed E-state index contributed by atoms with van der Waals surface area (Å²) in [7, 11) is -10.7. The summed E-state index contributed by atoms with van der Waals surface area (Å²) in [5, 5.41) is 0. The molecule has 0 amide bonds. The van der Waals surface area contributed by atoms with Crippen molar-refractivity contribution in [2.75, 3.05) is 0 Å². The van der Waals surface area contributed by atoms with Gasteiger partial charge >= 0.3 is 38.6 Å². The summed E-state index contributed by atoms with van der Waals surface area (Å²) in [6.07, 6.45) is 4.09. The van der Waals surface area contributed by atoms with E-state index in [-0.39, 0.29) is 10.8 Å². The van der Waals surface area contributed by atoms with Crippen LogP contribution in [-0.2, 0) is 13.1 Å². The number of aromatic nitrogens is 3. The summed E-state index contributed by atoms with van der Waals surface area (Å²) in [6, 6.07) is 4.18. The zero-order valence-electron chi connectivity index (χ0n) is 15.8. The van der Waals surface area contributed by atoms with E-state index in [1.165, 1.54) is 5.52 Å². The Hall–Kier alpha value is -1.37. The molecule has 2 heterocycles. The molecule has 0 bridgehead atoms. The first kappa shape index (κ1) is 22.7. The van der Waals surface area contributed by atoms with Crippen molar-refractivity contribution in [3.63, 3.8) is 0 Å². The fraction of sp³-hybridized carbons (Fsp3) is 0.625. The molecule has 10 heteroatoms. The van der Waals surface area contributed by atoms with Crippen molar-refractivity contribution in [1.29, 1.82) is 0 Å². The zero-order chi connectivity index (χ0) is 20.7. The number of hydrogen-bond donors (Lipinski definition) is 0. The van der Waals surface area contributed by atoms with Gasteiger partial charge < -0.3 is 0 Å². The Bertz CT molecular complexity index is 706. The minimum absolute atomic E-state index is 0.253. The predicted octanol–water partition coefficient (Wildman–Crippen LogP) is 6.80. The molecule has 0 saturated heterocycles. The van der Waals surface area contributed by atoms with Gasteiger partial charge in [-0.3, -0.25) is 4.57 Å². The van der Waals surface area contributed by atoms with Crippen molar-refractivity contribution in [1.82, 2.24) is 9.55 Å². The number of hydrogen-bond acceptors (Lipinski definition) is 1. The van der Waals surface area contributed by atoms with E-state index < -0.39 is 7.81 Å². The van der Waals surface area contributed by atoms with Crippen LogP contribution in [0.5, 0.6) is 0 Å². The van der Waals surface area contributed by atoms with E-state index in [0.717, 1.165) is 18.7 Å². The molecule has 0 fully saturated rings. The minimum atomic E-state index is -10.7. The molecule has 0 aliphatic heterocycles. The van der Waals surface area contributed by atoms with Gasteiger partial charge in [0, 0.05) is 0 Å². The molecular formula is C16H26F6N3P. The Kier molecular flexibility index (Phi) is 5.30. The summed E-state index contributed by atoms with van der Waals surface area (Å²) in [5.74, 6) is 0. The van der Waals surface area contributed by atoms with Gasteiger partial charge in [-0.1, -0.05) is 41.5 Å². The number of pyridine rings is 1. The Labute approximate surface area is 149 Å². The number of imidazole rings is 1. The van der Waals surface area contributed by atoms with Crippen LogP contribution in [0.2, 0.25) is 0 Å². The fourth-order valence-electron chi connectivity index (χ4n) is 2.38. The van der Waals surface area contributed by atoms with Crippen LogP contribution in [0.25, 0.3) is 11.2 Å². The molecule has 0 saturated carbocycles. The third-order valence-corrected chi connectivity index (χ3v) is 2.92. The standard InChI is InChI=1S/C16H26N3.F6P/c1-15(2,3)10-18-12-19(11-16(4,5)6)14-13(18)8-7-9-17-14;1-7(2,3,4,5)6/h7-9,12H,10-11H2,1-6H3;/q+1;-1. The SMILES string of the molecule is CC(C)(C)Cn1c[n+](CC(C)(C)C)c2ncccc21.F[P-](F)(F)(F)(F)F. The number of halogens is 6. The summed E-state index contributed by atoms with van der Waals surface area (Å²) < 4.78 is 63.8. The molecule has 2 aromatic rings. The molecule has 2 aromatic heterocycles. The molecule has 152 valence electrons. The van der Waals surface area contributed by atoms with Crippen molar-refractivity contribution >= 4 is 19.0 Å². The van der Waals surface area contributed by atoms with E-state index in [9.17, 15) is 25.2 Å². The second kappa shape index (κ2) is 6.08. The van der Waals surface area contributed by atoms with Gasteiger partial charge in [0.05, 0.1) is 13.1 Å². The second-order valence-electron chi connectivity index (χ2n) is 8.80. The van der Waals surface area contributed by atoms with Crippen LogP contribution in [0.15, 0.2) is 24.7 Å². The van der Waals surface area contributed by atoms with E-state index in [0.29, 0.717) is 0 Å². The number of nitrogens with zero attached hydrogens (tertiary/aromatic N) is 3. The van der Waals surface area contributed by atoms with Crippen LogP contribution in [-0.4, -0.2) is 9.55 Å². The topological polar surface area (TPSA) is 21.7 Å². The Balaban J connectivity index is 0.000000412. The van der Waals surface area contributed by atoms with Crippen molar-refractivity contribution in [3.05, 3.63) is 24.7 Å². The van der Waals surface area contributed by atoms with Gasteiger partial charge in [-0.25, -0.2) is 4.57 Å². The first-order valence-electron chi connectivity index (χ1n) is 8.00. The molecular weight excluding hydrogens is 379 g/mol. The van der Waals surface area contributed by atoms with E-state index in [4.69, 9.17) is 0 Å². The molecule has 0 N–H and O–H groups in total. The van der Waals surface area contributed by atoms with E-state index >= 15 is 0 Å². The molecule has 2 rings (SSSR count). The normalized spacial score (nSPS) is 15.8. The van der Waals surface area contributed by atoms with Crippen LogP contribution in [0, 0.1) is 10.8 Å². The van der Waals surface area contributed by atoms with E-state index in [1.807, 2.05) is 12.3 Å². The molecule has 0 radical (unpaired) electrons. The monoisotopic (exact) mass is 405 g/mol. The molecule has 0 unspecified atom stereocenters. The molecule has 0 aromatic carbocycles. The Morgan fingerprint density at radius 1 is 0.962 bits per heavy atom. The van der Waals surface area contributed by atoms with Gasteiger partial charge in [0.15, 0.2) is 11.8 Å². The van der Waals surface area contributed by atoms with Crippen LogP contribution < -0.4 is 4.57 Å². The van der Waals surface area contributed by atoms with Crippen LogP contribution in [0.4, 0.5) is 25.2 Å². The average Bonchev–Trinajstić information content (AvgIpc) is 2.59. The summed E-state index contributed by atoms with van der Waals surface area (Å²) in [4.78, 5) is 4.56. The van der Waals surface area contributed by atoms with Gasteiger partial charge in [-0.05, 0) is 23.0 Å². The van der Waals surface area contributed by atoms with E-state index in [2.05, 4.69) is 68.1 Å². The van der Waals surface area contributed by atoms with Crippen molar-refractivity contribution < 1.29 is 29.7 Å². The third-order valence-electron chi connectivity index (χ3n) is 2.92. The first-order chi connectivity index (χ1) is 11.1. The average molecular weight is 405 g/mol. The fourth-order valence-corrected chi connectivity index (χ4v) is 2.38. The van der Waals surface area contributed by atoms with E-state index in [1.54, 1.807) is 0 Å². The molecule has 0 atom stereocenters.